The molecule has 2 nitrogen and oxygen atoms in total. The first kappa shape index (κ1) is 11.5. The number of hydrogen-bond donors (Lipinski definition) is 0. The SMILES string of the molecule is Cc1ccc(-c2nc3c(s2)C(=O)CCC3)c(F)c1. The highest BCUT2D eigenvalue weighted by Gasteiger charge is 2.23. The zero-order chi connectivity index (χ0) is 12.7. The molecule has 0 fully saturated rings. The van der Waals surface area contributed by atoms with Crippen LogP contribution in [0.1, 0.15) is 33.8 Å². The molecule has 0 aliphatic heterocycles. The van der Waals surface area contributed by atoms with Crippen molar-refractivity contribution in [2.24, 2.45) is 0 Å². The van der Waals surface area contributed by atoms with E-state index in [0.717, 1.165) is 29.0 Å². The summed E-state index contributed by atoms with van der Waals surface area (Å²) in [5.41, 5.74) is 2.22. The normalized spacial score (nSPS) is 14.7. The minimum atomic E-state index is -0.270. The number of carbonyl (C=O) groups excluding carboxylic acids is 1. The van der Waals surface area contributed by atoms with Crippen molar-refractivity contribution in [3.05, 3.63) is 40.2 Å². The summed E-state index contributed by atoms with van der Waals surface area (Å²) in [5.74, 6) is -0.124. The maximum atomic E-state index is 13.9. The summed E-state index contributed by atoms with van der Waals surface area (Å²) in [6.07, 6.45) is 2.27. The summed E-state index contributed by atoms with van der Waals surface area (Å²) >= 11 is 1.32. The Balaban J connectivity index is 2.10. The molecule has 3 rings (SSSR count). The molecule has 0 bridgehead atoms. The summed E-state index contributed by atoms with van der Waals surface area (Å²) in [6, 6.07) is 5.09. The third-order valence-electron chi connectivity index (χ3n) is 3.12. The van der Waals surface area contributed by atoms with E-state index in [9.17, 15) is 9.18 Å². The largest absolute Gasteiger partial charge is 0.293 e. The van der Waals surface area contributed by atoms with Crippen LogP contribution in [-0.4, -0.2) is 10.8 Å². The van der Waals surface area contributed by atoms with Gasteiger partial charge in [0.05, 0.1) is 10.6 Å². The van der Waals surface area contributed by atoms with E-state index in [-0.39, 0.29) is 11.6 Å². The van der Waals surface area contributed by atoms with Gasteiger partial charge in [-0.2, -0.15) is 0 Å². The monoisotopic (exact) mass is 261 g/mol. The molecule has 2 aromatic rings. The fourth-order valence-corrected chi connectivity index (χ4v) is 3.28. The van der Waals surface area contributed by atoms with Gasteiger partial charge in [0.25, 0.3) is 0 Å². The van der Waals surface area contributed by atoms with Gasteiger partial charge >= 0.3 is 0 Å². The minimum absolute atomic E-state index is 0.146. The van der Waals surface area contributed by atoms with Crippen LogP contribution >= 0.6 is 11.3 Å². The molecule has 18 heavy (non-hydrogen) atoms. The van der Waals surface area contributed by atoms with Crippen LogP contribution in [0.2, 0.25) is 0 Å². The average molecular weight is 261 g/mol. The fourth-order valence-electron chi connectivity index (χ4n) is 2.18. The zero-order valence-corrected chi connectivity index (χ0v) is 10.8. The number of benzene rings is 1. The van der Waals surface area contributed by atoms with Crippen molar-refractivity contribution in [3.63, 3.8) is 0 Å². The van der Waals surface area contributed by atoms with Crippen LogP contribution in [0.15, 0.2) is 18.2 Å². The first-order valence-electron chi connectivity index (χ1n) is 5.94. The van der Waals surface area contributed by atoms with E-state index < -0.39 is 0 Å². The van der Waals surface area contributed by atoms with Gasteiger partial charge in [-0.15, -0.1) is 11.3 Å². The molecule has 0 amide bonds. The quantitative estimate of drug-likeness (QED) is 0.782. The van der Waals surface area contributed by atoms with Gasteiger partial charge in [0.1, 0.15) is 10.8 Å². The first-order valence-corrected chi connectivity index (χ1v) is 6.76. The van der Waals surface area contributed by atoms with Gasteiger partial charge in [0, 0.05) is 12.0 Å². The van der Waals surface area contributed by atoms with Crippen molar-refractivity contribution in [3.8, 4) is 10.6 Å². The van der Waals surface area contributed by atoms with Gasteiger partial charge in [-0.3, -0.25) is 4.79 Å². The summed E-state index contributed by atoms with van der Waals surface area (Å²) < 4.78 is 13.9. The number of hydrogen-bond acceptors (Lipinski definition) is 3. The summed E-state index contributed by atoms with van der Waals surface area (Å²) in [6.45, 7) is 1.85. The molecule has 0 saturated carbocycles. The van der Waals surface area contributed by atoms with Crippen LogP contribution in [0.3, 0.4) is 0 Å². The lowest BCUT2D eigenvalue weighted by atomic mass is 10.0. The number of rotatable bonds is 1. The second-order valence-corrected chi connectivity index (χ2v) is 5.55. The Morgan fingerprint density at radius 2 is 2.17 bits per heavy atom. The van der Waals surface area contributed by atoms with E-state index in [1.165, 1.54) is 17.4 Å². The van der Waals surface area contributed by atoms with E-state index in [0.29, 0.717) is 17.0 Å². The van der Waals surface area contributed by atoms with Crippen LogP contribution in [0.4, 0.5) is 4.39 Å². The molecule has 1 heterocycles. The molecule has 0 N–H and O–H groups in total. The van der Waals surface area contributed by atoms with Gasteiger partial charge in [-0.05, 0) is 37.5 Å². The topological polar surface area (TPSA) is 30.0 Å². The maximum absolute atomic E-state index is 13.9. The van der Waals surface area contributed by atoms with Crippen LogP contribution in [0, 0.1) is 12.7 Å². The Kier molecular flexibility index (Phi) is 2.74. The van der Waals surface area contributed by atoms with Gasteiger partial charge in [-0.25, -0.2) is 9.37 Å². The molecular formula is C14H12FNOS. The van der Waals surface area contributed by atoms with Crippen LogP contribution in [0.25, 0.3) is 10.6 Å². The third kappa shape index (κ3) is 1.86. The Labute approximate surface area is 108 Å². The number of fused-ring (bicyclic) bond motifs is 1. The molecule has 0 spiro atoms. The number of nitrogens with zero attached hydrogens (tertiary/aromatic N) is 1. The molecule has 1 aromatic heterocycles. The molecule has 1 aromatic carbocycles. The molecule has 1 aliphatic carbocycles. The number of thiazole rings is 1. The smallest absolute Gasteiger partial charge is 0.174 e. The molecule has 92 valence electrons. The number of Topliss-reactive ketones (excluding diaryl/α,β-unsaturated/α-hetero) is 1. The van der Waals surface area contributed by atoms with Gasteiger partial charge in [-0.1, -0.05) is 6.07 Å². The lowest BCUT2D eigenvalue weighted by Crippen LogP contribution is -2.07. The van der Waals surface area contributed by atoms with Crippen molar-refractivity contribution in [2.45, 2.75) is 26.2 Å². The molecule has 0 saturated heterocycles. The number of aromatic nitrogens is 1. The molecule has 0 atom stereocenters. The zero-order valence-electron chi connectivity index (χ0n) is 10.00. The molecule has 0 unspecified atom stereocenters. The second kappa shape index (κ2) is 4.28. The molecule has 0 radical (unpaired) electrons. The van der Waals surface area contributed by atoms with Gasteiger partial charge in [0.15, 0.2) is 5.78 Å². The van der Waals surface area contributed by atoms with Crippen molar-refractivity contribution in [1.29, 1.82) is 0 Å². The molecule has 4 heteroatoms. The standard InChI is InChI=1S/C14H12FNOS/c1-8-5-6-9(10(15)7-8)14-16-11-3-2-4-12(17)13(11)18-14/h5-7H,2-4H2,1H3. The summed E-state index contributed by atoms with van der Waals surface area (Å²) in [5, 5.41) is 0.618. The summed E-state index contributed by atoms with van der Waals surface area (Å²) in [4.78, 5) is 16.9. The highest BCUT2D eigenvalue weighted by atomic mass is 32.1. The average Bonchev–Trinajstić information content (AvgIpc) is 2.74. The van der Waals surface area contributed by atoms with Crippen LogP contribution in [0.5, 0.6) is 0 Å². The minimum Gasteiger partial charge on any atom is -0.293 e. The number of ketones is 1. The first-order chi connectivity index (χ1) is 8.65. The Morgan fingerprint density at radius 1 is 1.33 bits per heavy atom. The van der Waals surface area contributed by atoms with Crippen LogP contribution < -0.4 is 0 Å². The predicted molar refractivity (Wildman–Crippen MR) is 69.5 cm³/mol. The van der Waals surface area contributed by atoms with Crippen LogP contribution in [-0.2, 0) is 6.42 Å². The van der Waals surface area contributed by atoms with Gasteiger partial charge < -0.3 is 0 Å². The Hall–Kier alpha value is -1.55. The van der Waals surface area contributed by atoms with Crippen molar-refractivity contribution in [2.75, 3.05) is 0 Å². The highest BCUT2D eigenvalue weighted by Crippen LogP contribution is 2.33. The fraction of sp³-hybridized carbons (Fsp3) is 0.286. The van der Waals surface area contributed by atoms with E-state index >= 15 is 0 Å². The van der Waals surface area contributed by atoms with E-state index in [2.05, 4.69) is 4.98 Å². The lowest BCUT2D eigenvalue weighted by Gasteiger charge is -2.06. The van der Waals surface area contributed by atoms with E-state index in [1.807, 2.05) is 13.0 Å². The predicted octanol–water partition coefficient (Wildman–Crippen LogP) is 3.78. The third-order valence-corrected chi connectivity index (χ3v) is 4.29. The van der Waals surface area contributed by atoms with E-state index in [4.69, 9.17) is 0 Å². The highest BCUT2D eigenvalue weighted by molar-refractivity contribution is 7.17. The number of halogens is 1. The number of aryl methyl sites for hydroxylation is 2. The second-order valence-electron chi connectivity index (χ2n) is 4.55. The molecular weight excluding hydrogens is 249 g/mol. The Bertz CT molecular complexity index is 633. The van der Waals surface area contributed by atoms with Crippen molar-refractivity contribution < 1.29 is 9.18 Å². The Morgan fingerprint density at radius 3 is 2.89 bits per heavy atom. The maximum Gasteiger partial charge on any atom is 0.174 e. The van der Waals surface area contributed by atoms with Gasteiger partial charge in [0.2, 0.25) is 0 Å². The van der Waals surface area contributed by atoms with Crippen molar-refractivity contribution in [1.82, 2.24) is 4.98 Å². The molecule has 1 aliphatic rings. The van der Waals surface area contributed by atoms with E-state index in [1.54, 1.807) is 6.07 Å². The number of carbonyl (C=O) groups is 1. The van der Waals surface area contributed by atoms with Crippen molar-refractivity contribution >= 4 is 17.1 Å². The lowest BCUT2D eigenvalue weighted by molar-refractivity contribution is 0.0976. The summed E-state index contributed by atoms with van der Waals surface area (Å²) in [7, 11) is 0.